The molecule has 2 aromatic rings. The fourth-order valence-electron chi connectivity index (χ4n) is 1.92. The molecule has 17 heavy (non-hydrogen) atoms. The van der Waals surface area contributed by atoms with Gasteiger partial charge in [-0.05, 0) is 17.2 Å². The molecule has 88 valence electrons. The maximum Gasteiger partial charge on any atom is 0.0870 e. The van der Waals surface area contributed by atoms with E-state index in [1.165, 1.54) is 0 Å². The molecule has 0 aliphatic rings. The normalized spacial score (nSPS) is 14.3. The Morgan fingerprint density at radius 2 is 1.53 bits per heavy atom. The molecule has 0 amide bonds. The number of aliphatic hydroxyl groups is 1. The monoisotopic (exact) mass is 246 g/mol. The zero-order valence-corrected chi connectivity index (χ0v) is 10.4. The Bertz CT molecular complexity index is 481. The number of hydrogen-bond acceptors (Lipinski definition) is 1. The van der Waals surface area contributed by atoms with Gasteiger partial charge >= 0.3 is 0 Å². The van der Waals surface area contributed by atoms with Gasteiger partial charge in [0.25, 0.3) is 0 Å². The van der Waals surface area contributed by atoms with Crippen molar-refractivity contribution in [3.05, 3.63) is 70.7 Å². The van der Waals surface area contributed by atoms with Gasteiger partial charge in [0, 0.05) is 10.9 Å². The molecule has 0 saturated heterocycles. The van der Waals surface area contributed by atoms with Crippen molar-refractivity contribution in [2.24, 2.45) is 0 Å². The average Bonchev–Trinajstić information content (AvgIpc) is 2.39. The van der Waals surface area contributed by atoms with Crippen LogP contribution in [0.4, 0.5) is 0 Å². The van der Waals surface area contributed by atoms with Gasteiger partial charge in [-0.3, -0.25) is 0 Å². The van der Waals surface area contributed by atoms with Crippen molar-refractivity contribution in [1.82, 2.24) is 0 Å². The molecule has 0 heterocycles. The summed E-state index contributed by atoms with van der Waals surface area (Å²) >= 11 is 6.09. The molecule has 2 atom stereocenters. The SMILES string of the molecule is CC(c1ccccc1)C(O)c1ccccc1Cl. The maximum atomic E-state index is 10.3. The fourth-order valence-corrected chi connectivity index (χ4v) is 2.17. The summed E-state index contributed by atoms with van der Waals surface area (Å²) in [4.78, 5) is 0. The molecule has 1 N–H and O–H groups in total. The summed E-state index contributed by atoms with van der Waals surface area (Å²) in [6.45, 7) is 2.00. The predicted molar refractivity (Wildman–Crippen MR) is 71.3 cm³/mol. The minimum atomic E-state index is -0.578. The lowest BCUT2D eigenvalue weighted by Gasteiger charge is -2.20. The van der Waals surface area contributed by atoms with E-state index < -0.39 is 6.10 Å². The van der Waals surface area contributed by atoms with Crippen molar-refractivity contribution in [3.8, 4) is 0 Å². The first kappa shape index (κ1) is 12.2. The molecule has 0 saturated carbocycles. The second kappa shape index (κ2) is 5.35. The van der Waals surface area contributed by atoms with Crippen LogP contribution in [-0.2, 0) is 0 Å². The van der Waals surface area contributed by atoms with Crippen LogP contribution in [0.5, 0.6) is 0 Å². The van der Waals surface area contributed by atoms with Crippen LogP contribution in [-0.4, -0.2) is 5.11 Å². The highest BCUT2D eigenvalue weighted by molar-refractivity contribution is 6.31. The molecule has 0 radical (unpaired) electrons. The van der Waals surface area contributed by atoms with Crippen LogP contribution < -0.4 is 0 Å². The van der Waals surface area contributed by atoms with Crippen molar-refractivity contribution in [1.29, 1.82) is 0 Å². The smallest absolute Gasteiger partial charge is 0.0870 e. The van der Waals surface area contributed by atoms with E-state index in [0.717, 1.165) is 11.1 Å². The molecule has 1 nitrogen and oxygen atoms in total. The highest BCUT2D eigenvalue weighted by Crippen LogP contribution is 2.33. The summed E-state index contributed by atoms with van der Waals surface area (Å²) in [6.07, 6.45) is -0.578. The lowest BCUT2D eigenvalue weighted by Crippen LogP contribution is -2.08. The van der Waals surface area contributed by atoms with Gasteiger partial charge in [-0.1, -0.05) is 67.1 Å². The summed E-state index contributed by atoms with van der Waals surface area (Å²) in [5.74, 6) is 0.0242. The second-order valence-electron chi connectivity index (χ2n) is 4.17. The Kier molecular flexibility index (Phi) is 3.82. The van der Waals surface area contributed by atoms with Crippen LogP contribution in [0, 0.1) is 0 Å². The summed E-state index contributed by atoms with van der Waals surface area (Å²) in [5, 5.41) is 11.0. The maximum absolute atomic E-state index is 10.3. The fraction of sp³-hybridized carbons (Fsp3) is 0.200. The standard InChI is InChI=1S/C15H15ClO/c1-11(12-7-3-2-4-8-12)15(17)13-9-5-6-10-14(13)16/h2-11,15,17H,1H3. The topological polar surface area (TPSA) is 20.2 Å². The van der Waals surface area contributed by atoms with Crippen LogP contribution in [0.2, 0.25) is 5.02 Å². The molecule has 0 bridgehead atoms. The van der Waals surface area contributed by atoms with Gasteiger partial charge in [0.1, 0.15) is 0 Å². The van der Waals surface area contributed by atoms with Crippen molar-refractivity contribution < 1.29 is 5.11 Å². The van der Waals surface area contributed by atoms with E-state index in [4.69, 9.17) is 11.6 Å². The van der Waals surface area contributed by atoms with Gasteiger partial charge in [0.05, 0.1) is 6.10 Å². The van der Waals surface area contributed by atoms with E-state index in [2.05, 4.69) is 0 Å². The summed E-state index contributed by atoms with van der Waals surface area (Å²) in [7, 11) is 0. The van der Waals surface area contributed by atoms with E-state index in [-0.39, 0.29) is 5.92 Å². The number of halogens is 1. The highest BCUT2D eigenvalue weighted by Gasteiger charge is 2.19. The van der Waals surface area contributed by atoms with Crippen molar-refractivity contribution in [2.45, 2.75) is 18.9 Å². The first-order valence-corrected chi connectivity index (χ1v) is 6.05. The van der Waals surface area contributed by atoms with Gasteiger partial charge in [-0.2, -0.15) is 0 Å². The van der Waals surface area contributed by atoms with E-state index in [1.54, 1.807) is 6.07 Å². The first-order valence-electron chi connectivity index (χ1n) is 5.67. The van der Waals surface area contributed by atoms with Gasteiger partial charge in [-0.25, -0.2) is 0 Å². The minimum Gasteiger partial charge on any atom is -0.388 e. The largest absolute Gasteiger partial charge is 0.388 e. The zero-order valence-electron chi connectivity index (χ0n) is 9.68. The predicted octanol–water partition coefficient (Wildman–Crippen LogP) is 4.18. The molecule has 0 aliphatic heterocycles. The summed E-state index contributed by atoms with van der Waals surface area (Å²) in [6, 6.07) is 17.4. The number of benzene rings is 2. The third kappa shape index (κ3) is 2.68. The highest BCUT2D eigenvalue weighted by atomic mass is 35.5. The van der Waals surface area contributed by atoms with E-state index in [1.807, 2.05) is 55.5 Å². The quantitative estimate of drug-likeness (QED) is 0.862. The van der Waals surface area contributed by atoms with Crippen LogP contribution >= 0.6 is 11.6 Å². The van der Waals surface area contributed by atoms with Gasteiger partial charge < -0.3 is 5.11 Å². The van der Waals surface area contributed by atoms with Crippen LogP contribution in [0.3, 0.4) is 0 Å². The second-order valence-corrected chi connectivity index (χ2v) is 4.57. The van der Waals surface area contributed by atoms with Crippen molar-refractivity contribution in [3.63, 3.8) is 0 Å². The van der Waals surface area contributed by atoms with Crippen LogP contribution in [0.15, 0.2) is 54.6 Å². The van der Waals surface area contributed by atoms with Gasteiger partial charge in [-0.15, -0.1) is 0 Å². The zero-order chi connectivity index (χ0) is 12.3. The van der Waals surface area contributed by atoms with Crippen LogP contribution in [0.25, 0.3) is 0 Å². The van der Waals surface area contributed by atoms with E-state index >= 15 is 0 Å². The van der Waals surface area contributed by atoms with Crippen LogP contribution in [0.1, 0.15) is 30.1 Å². The molecule has 2 rings (SSSR count). The van der Waals surface area contributed by atoms with Crippen molar-refractivity contribution in [2.75, 3.05) is 0 Å². The summed E-state index contributed by atoms with van der Waals surface area (Å²) < 4.78 is 0. The minimum absolute atomic E-state index is 0.0242. The van der Waals surface area contributed by atoms with Gasteiger partial charge in [0.2, 0.25) is 0 Å². The first-order chi connectivity index (χ1) is 8.20. The lowest BCUT2D eigenvalue weighted by molar-refractivity contribution is 0.152. The Labute approximate surface area is 107 Å². The van der Waals surface area contributed by atoms with Crippen molar-refractivity contribution >= 4 is 11.6 Å². The van der Waals surface area contributed by atoms with Gasteiger partial charge in [0.15, 0.2) is 0 Å². The number of rotatable bonds is 3. The molecular formula is C15H15ClO. The Morgan fingerprint density at radius 1 is 0.941 bits per heavy atom. The Morgan fingerprint density at radius 3 is 2.18 bits per heavy atom. The molecule has 2 heteroatoms. The number of hydrogen-bond donors (Lipinski definition) is 1. The third-order valence-electron chi connectivity index (χ3n) is 3.02. The lowest BCUT2D eigenvalue weighted by atomic mass is 9.91. The Balaban J connectivity index is 2.27. The molecule has 2 unspecified atom stereocenters. The molecule has 0 aliphatic carbocycles. The molecule has 0 aromatic heterocycles. The van der Waals surface area contributed by atoms with E-state index in [9.17, 15) is 5.11 Å². The number of aliphatic hydroxyl groups excluding tert-OH is 1. The molecular weight excluding hydrogens is 232 g/mol. The van der Waals surface area contributed by atoms with E-state index in [0.29, 0.717) is 5.02 Å². The Hall–Kier alpha value is -1.31. The summed E-state index contributed by atoms with van der Waals surface area (Å²) in [5.41, 5.74) is 1.89. The third-order valence-corrected chi connectivity index (χ3v) is 3.37. The molecule has 0 fully saturated rings. The molecule has 0 spiro atoms. The average molecular weight is 247 g/mol. The molecule has 2 aromatic carbocycles.